The second-order valence-electron chi connectivity index (χ2n) is 6.87. The normalized spacial score (nSPS) is 17.7. The van der Waals surface area contributed by atoms with E-state index < -0.39 is 0 Å². The van der Waals surface area contributed by atoms with Gasteiger partial charge in [-0.25, -0.2) is 9.97 Å². The number of carbonyl (C=O) groups is 1. The Hall–Kier alpha value is -2.80. The van der Waals surface area contributed by atoms with Crippen LogP contribution in [-0.4, -0.2) is 49.7 Å². The van der Waals surface area contributed by atoms with Crippen molar-refractivity contribution in [2.45, 2.75) is 25.8 Å². The molecule has 1 aliphatic heterocycles. The number of amides is 1. The quantitative estimate of drug-likeness (QED) is 0.782. The van der Waals surface area contributed by atoms with Gasteiger partial charge in [-0.15, -0.1) is 0 Å². The molecule has 1 amide bonds. The molecule has 1 N–H and O–H groups in total. The van der Waals surface area contributed by atoms with Gasteiger partial charge in [0.1, 0.15) is 5.82 Å². The van der Waals surface area contributed by atoms with Gasteiger partial charge in [-0.2, -0.15) is 5.10 Å². The third-order valence-corrected chi connectivity index (χ3v) is 4.88. The summed E-state index contributed by atoms with van der Waals surface area (Å²) < 4.78 is 1.75. The van der Waals surface area contributed by atoms with Gasteiger partial charge < -0.3 is 5.32 Å². The number of nitrogens with one attached hydrogen (secondary N) is 1. The number of pyridine rings is 2. The lowest BCUT2D eigenvalue weighted by atomic mass is 10.2. The van der Waals surface area contributed by atoms with Crippen molar-refractivity contribution in [1.29, 1.82) is 0 Å². The molecule has 3 aromatic heterocycles. The van der Waals surface area contributed by atoms with Crippen molar-refractivity contribution in [3.05, 3.63) is 36.8 Å². The summed E-state index contributed by atoms with van der Waals surface area (Å²) in [6.45, 7) is 3.55. The number of rotatable bonds is 4. The molecule has 134 valence electrons. The SMILES string of the molecule is C[C@@H]1CCCN1CC(=O)Nc1cc2nc(-c3cnn(C)c3)ccc2cn1. The van der Waals surface area contributed by atoms with Crippen LogP contribution in [-0.2, 0) is 11.8 Å². The topological polar surface area (TPSA) is 75.9 Å². The van der Waals surface area contributed by atoms with Crippen molar-refractivity contribution in [1.82, 2.24) is 24.6 Å². The summed E-state index contributed by atoms with van der Waals surface area (Å²) in [6.07, 6.45) is 7.76. The Labute approximate surface area is 152 Å². The van der Waals surface area contributed by atoms with Crippen LogP contribution in [0.25, 0.3) is 22.2 Å². The van der Waals surface area contributed by atoms with Gasteiger partial charge in [0.15, 0.2) is 0 Å². The third kappa shape index (κ3) is 3.43. The van der Waals surface area contributed by atoms with Crippen LogP contribution in [0, 0.1) is 0 Å². The van der Waals surface area contributed by atoms with Crippen LogP contribution in [0.3, 0.4) is 0 Å². The number of likely N-dealkylation sites (tertiary alicyclic amines) is 1. The maximum Gasteiger partial charge on any atom is 0.239 e. The van der Waals surface area contributed by atoms with Gasteiger partial charge >= 0.3 is 0 Å². The number of hydrogen-bond acceptors (Lipinski definition) is 5. The summed E-state index contributed by atoms with van der Waals surface area (Å²) in [5.41, 5.74) is 2.60. The van der Waals surface area contributed by atoms with Gasteiger partial charge in [0, 0.05) is 42.5 Å². The van der Waals surface area contributed by atoms with E-state index in [1.807, 2.05) is 31.4 Å². The molecule has 7 nitrogen and oxygen atoms in total. The highest BCUT2D eigenvalue weighted by atomic mass is 16.2. The number of carbonyl (C=O) groups excluding carboxylic acids is 1. The number of anilines is 1. The minimum atomic E-state index is -0.0333. The predicted molar refractivity (Wildman–Crippen MR) is 101 cm³/mol. The Morgan fingerprint density at radius 1 is 1.35 bits per heavy atom. The lowest BCUT2D eigenvalue weighted by Gasteiger charge is -2.19. The van der Waals surface area contributed by atoms with Gasteiger partial charge in [0.25, 0.3) is 0 Å². The average molecular weight is 350 g/mol. The summed E-state index contributed by atoms with van der Waals surface area (Å²) in [4.78, 5) is 23.5. The summed E-state index contributed by atoms with van der Waals surface area (Å²) >= 11 is 0. The Morgan fingerprint density at radius 3 is 2.96 bits per heavy atom. The van der Waals surface area contributed by atoms with Crippen LogP contribution in [0.4, 0.5) is 5.82 Å². The monoisotopic (exact) mass is 350 g/mol. The Kier molecular flexibility index (Phi) is 4.38. The van der Waals surface area contributed by atoms with Gasteiger partial charge in [-0.05, 0) is 38.4 Å². The fourth-order valence-electron chi connectivity index (χ4n) is 3.39. The van der Waals surface area contributed by atoms with Crippen molar-refractivity contribution >= 4 is 22.6 Å². The average Bonchev–Trinajstić information content (AvgIpc) is 3.23. The van der Waals surface area contributed by atoms with E-state index >= 15 is 0 Å². The van der Waals surface area contributed by atoms with E-state index in [0.717, 1.165) is 41.5 Å². The van der Waals surface area contributed by atoms with Crippen molar-refractivity contribution < 1.29 is 4.79 Å². The Bertz CT molecular complexity index is 950. The molecule has 0 bridgehead atoms. The summed E-state index contributed by atoms with van der Waals surface area (Å²) in [6, 6.07) is 6.22. The lowest BCUT2D eigenvalue weighted by molar-refractivity contribution is -0.117. The molecule has 0 aromatic carbocycles. The number of fused-ring (bicyclic) bond motifs is 1. The van der Waals surface area contributed by atoms with Crippen LogP contribution >= 0.6 is 0 Å². The molecule has 0 saturated carbocycles. The molecule has 26 heavy (non-hydrogen) atoms. The number of hydrogen-bond donors (Lipinski definition) is 1. The molecule has 0 unspecified atom stereocenters. The molecule has 1 atom stereocenters. The first-order chi connectivity index (χ1) is 12.6. The van der Waals surface area contributed by atoms with E-state index in [2.05, 4.69) is 32.2 Å². The smallest absolute Gasteiger partial charge is 0.239 e. The van der Waals surface area contributed by atoms with Crippen molar-refractivity contribution in [3.63, 3.8) is 0 Å². The van der Waals surface area contributed by atoms with E-state index in [1.165, 1.54) is 0 Å². The number of aromatic nitrogens is 4. The van der Waals surface area contributed by atoms with Crippen LogP contribution in [0.1, 0.15) is 19.8 Å². The highest BCUT2D eigenvalue weighted by Crippen LogP contribution is 2.22. The molecule has 1 aliphatic rings. The van der Waals surface area contributed by atoms with Crippen molar-refractivity contribution in [2.75, 3.05) is 18.4 Å². The fourth-order valence-corrected chi connectivity index (χ4v) is 3.39. The van der Waals surface area contributed by atoms with E-state index in [4.69, 9.17) is 0 Å². The van der Waals surface area contributed by atoms with Gasteiger partial charge in [-0.1, -0.05) is 0 Å². The maximum absolute atomic E-state index is 12.3. The molecule has 0 radical (unpaired) electrons. The highest BCUT2D eigenvalue weighted by molar-refractivity contribution is 5.93. The second-order valence-corrected chi connectivity index (χ2v) is 6.87. The summed E-state index contributed by atoms with van der Waals surface area (Å²) in [5, 5.41) is 8.02. The molecular formula is C19H22N6O. The van der Waals surface area contributed by atoms with Crippen LogP contribution in [0.5, 0.6) is 0 Å². The maximum atomic E-state index is 12.3. The van der Waals surface area contributed by atoms with E-state index in [9.17, 15) is 4.79 Å². The molecule has 1 saturated heterocycles. The molecular weight excluding hydrogens is 328 g/mol. The minimum absolute atomic E-state index is 0.0333. The molecule has 7 heteroatoms. The number of nitrogens with zero attached hydrogens (tertiary/aromatic N) is 5. The first-order valence-electron chi connectivity index (χ1n) is 8.88. The van der Waals surface area contributed by atoms with E-state index in [0.29, 0.717) is 18.4 Å². The molecule has 4 heterocycles. The molecule has 4 rings (SSSR count). The van der Waals surface area contributed by atoms with Crippen LogP contribution in [0.2, 0.25) is 0 Å². The first kappa shape index (κ1) is 16.7. The largest absolute Gasteiger partial charge is 0.310 e. The summed E-state index contributed by atoms with van der Waals surface area (Å²) in [5.74, 6) is 0.499. The third-order valence-electron chi connectivity index (χ3n) is 4.88. The lowest BCUT2D eigenvalue weighted by Crippen LogP contribution is -2.35. The van der Waals surface area contributed by atoms with E-state index in [-0.39, 0.29) is 5.91 Å². The Morgan fingerprint density at radius 2 is 2.23 bits per heavy atom. The zero-order chi connectivity index (χ0) is 18.1. The fraction of sp³-hybridized carbons (Fsp3) is 0.368. The van der Waals surface area contributed by atoms with Crippen LogP contribution in [0.15, 0.2) is 36.8 Å². The minimum Gasteiger partial charge on any atom is -0.310 e. The molecule has 0 aliphatic carbocycles. The highest BCUT2D eigenvalue weighted by Gasteiger charge is 2.22. The van der Waals surface area contributed by atoms with Crippen LogP contribution < -0.4 is 5.32 Å². The van der Waals surface area contributed by atoms with Gasteiger partial charge in [0.05, 0.1) is 24.0 Å². The second kappa shape index (κ2) is 6.84. The first-order valence-corrected chi connectivity index (χ1v) is 8.88. The van der Waals surface area contributed by atoms with Gasteiger partial charge in [0.2, 0.25) is 5.91 Å². The summed E-state index contributed by atoms with van der Waals surface area (Å²) in [7, 11) is 1.88. The predicted octanol–water partition coefficient (Wildman–Crippen LogP) is 2.45. The molecule has 0 spiro atoms. The standard InChI is InChI=1S/C19H22N6O/c1-13-4-3-7-25(13)12-19(26)23-18-8-17-14(9-20-18)5-6-16(22-17)15-10-21-24(2)11-15/h5-6,8-11,13H,3-4,7,12H2,1-2H3,(H,20,23,26)/t13-/m1/s1. The zero-order valence-electron chi connectivity index (χ0n) is 15.0. The zero-order valence-corrected chi connectivity index (χ0v) is 15.0. The molecule has 3 aromatic rings. The van der Waals surface area contributed by atoms with Crippen molar-refractivity contribution in [2.24, 2.45) is 7.05 Å². The van der Waals surface area contributed by atoms with Gasteiger partial charge in [-0.3, -0.25) is 14.4 Å². The van der Waals surface area contributed by atoms with Crippen molar-refractivity contribution in [3.8, 4) is 11.3 Å². The number of aryl methyl sites for hydroxylation is 1. The molecule has 1 fully saturated rings. The Balaban J connectivity index is 1.53. The van der Waals surface area contributed by atoms with E-state index in [1.54, 1.807) is 17.1 Å².